The maximum Gasteiger partial charge on any atom is 0 e. The second-order valence-corrected chi connectivity index (χ2v) is 0. The summed E-state index contributed by atoms with van der Waals surface area (Å²) in [6, 6.07) is 0. The molecule has 0 aliphatic carbocycles. The van der Waals surface area contributed by atoms with Crippen LogP contribution in [0.1, 0.15) is 0 Å². The number of hydrogen-bond acceptors (Lipinski definition) is 0. The molecule has 0 spiro atoms. The van der Waals surface area contributed by atoms with Gasteiger partial charge in [-0.15, -0.1) is 0 Å². The van der Waals surface area contributed by atoms with Gasteiger partial charge in [-0.1, -0.05) is 0 Å². The van der Waals surface area contributed by atoms with Crippen LogP contribution in [0.25, 0.3) is 0 Å². The zero-order valence-corrected chi connectivity index (χ0v) is 16.0. The molecule has 0 aromatic carbocycles. The van der Waals surface area contributed by atoms with Crippen molar-refractivity contribution in [1.82, 2.24) is 0 Å². The van der Waals surface area contributed by atoms with Crippen molar-refractivity contribution in [3.05, 3.63) is 0 Å². The van der Waals surface area contributed by atoms with Crippen molar-refractivity contribution >= 4 is 0 Å². The molecule has 0 saturated heterocycles. The van der Waals surface area contributed by atoms with Crippen LogP contribution in [0.4, 0.5) is 0 Å². The van der Waals surface area contributed by atoms with Crippen LogP contribution in [0.15, 0.2) is 0 Å². The molecule has 0 rings (SSSR count). The fourth-order valence-electron chi connectivity index (χ4n) is 0. The molecule has 56 valence electrons. The molecule has 0 radical (unpaired) electrons. The molecule has 0 aromatic heterocycles. The summed E-state index contributed by atoms with van der Waals surface area (Å²) in [6.07, 6.45) is 0. The average molecular weight is 1130 g/mol. The van der Waals surface area contributed by atoms with Gasteiger partial charge in [-0.25, -0.2) is 0 Å². The second-order valence-electron chi connectivity index (χ2n) is 0. The van der Waals surface area contributed by atoms with Crippen molar-refractivity contribution in [2.24, 2.45) is 0 Å². The van der Waals surface area contributed by atoms with Gasteiger partial charge >= 0.3 is 0 Å². The Balaban J connectivity index is 0. The first-order valence-electron chi connectivity index (χ1n) is 0. The smallest absolute Gasteiger partial charge is 0 e. The van der Waals surface area contributed by atoms with Crippen molar-refractivity contribution < 1.29 is 146 Å². The van der Waals surface area contributed by atoms with E-state index in [-0.39, 0.29) is 146 Å². The molecule has 0 atom stereocenters. The standard InChI is InChI=1S/5Pt.Sm. The van der Waals surface area contributed by atoms with Crippen molar-refractivity contribution in [2.75, 3.05) is 0 Å². The van der Waals surface area contributed by atoms with Gasteiger partial charge in [0.25, 0.3) is 0 Å². The predicted octanol–water partition coefficient (Wildman–Crippen LogP) is -0.0125. The molecule has 0 unspecified atom stereocenters. The van der Waals surface area contributed by atoms with E-state index in [4.69, 9.17) is 0 Å². The minimum absolute atomic E-state index is 0. The molecular weight excluding hydrogens is 1130 g/mol. The zero-order valence-electron chi connectivity index (χ0n) is 1.99. The topological polar surface area (TPSA) is 0 Å². The van der Waals surface area contributed by atoms with E-state index in [0.29, 0.717) is 0 Å². The Morgan fingerprint density at radius 2 is 0.333 bits per heavy atom. The van der Waals surface area contributed by atoms with E-state index in [2.05, 4.69) is 0 Å². The van der Waals surface area contributed by atoms with Gasteiger partial charge in [-0.05, 0) is 0 Å². The third-order valence-corrected chi connectivity index (χ3v) is 0. The normalized spacial score (nSPS) is 0. The molecule has 0 saturated carbocycles. The van der Waals surface area contributed by atoms with E-state index < -0.39 is 0 Å². The molecule has 0 aliphatic heterocycles. The van der Waals surface area contributed by atoms with Gasteiger partial charge in [0, 0.05) is 146 Å². The maximum absolute atomic E-state index is 0. The van der Waals surface area contributed by atoms with Crippen LogP contribution in [-0.4, -0.2) is 0 Å². The molecular formula is Pt5Sm. The van der Waals surface area contributed by atoms with Crippen molar-refractivity contribution in [3.8, 4) is 0 Å². The molecule has 0 amide bonds. The quantitative estimate of drug-likeness (QED) is 0.321. The second kappa shape index (κ2) is 33.0. The first kappa shape index (κ1) is 45.1. The predicted molar refractivity (Wildman–Crippen MR) is 0 cm³/mol. The number of rotatable bonds is 0. The Bertz CT molecular complexity index is 3.90. The molecule has 0 fully saturated rings. The van der Waals surface area contributed by atoms with Crippen LogP contribution < -0.4 is 0 Å². The SMILES string of the molecule is [Pt].[Pt].[Pt].[Pt].[Pt].[Sm]. The maximum atomic E-state index is 0. The van der Waals surface area contributed by atoms with Gasteiger partial charge < -0.3 is 0 Å². The van der Waals surface area contributed by atoms with Crippen molar-refractivity contribution in [3.63, 3.8) is 0 Å². The fraction of sp³-hybridized carbons (Fsp3) is 0. The summed E-state index contributed by atoms with van der Waals surface area (Å²) in [4.78, 5) is 0. The summed E-state index contributed by atoms with van der Waals surface area (Å²) >= 11 is 0. The molecule has 0 aromatic rings. The van der Waals surface area contributed by atoms with Gasteiger partial charge in [0.2, 0.25) is 0 Å². The Labute approximate surface area is 142 Å². The molecule has 0 bridgehead atoms. The van der Waals surface area contributed by atoms with Crippen LogP contribution in [0.3, 0.4) is 0 Å². The molecule has 0 heterocycles. The monoisotopic (exact) mass is 1130 g/mol. The average Bonchev–Trinajstić information content (AvgIpc) is 0. The van der Waals surface area contributed by atoms with Crippen LogP contribution in [0, 0.1) is 40.4 Å². The van der Waals surface area contributed by atoms with Crippen molar-refractivity contribution in [2.45, 2.75) is 0 Å². The Morgan fingerprint density at radius 3 is 0.333 bits per heavy atom. The molecule has 0 nitrogen and oxygen atoms in total. The fourth-order valence-corrected chi connectivity index (χ4v) is 0. The third kappa shape index (κ3) is 23.3. The minimum Gasteiger partial charge on any atom is 0 e. The summed E-state index contributed by atoms with van der Waals surface area (Å²) < 4.78 is 0. The van der Waals surface area contributed by atoms with E-state index in [1.807, 2.05) is 0 Å². The third-order valence-electron chi connectivity index (χ3n) is 0. The first-order chi connectivity index (χ1) is 0. The van der Waals surface area contributed by atoms with Gasteiger partial charge in [0.1, 0.15) is 0 Å². The Morgan fingerprint density at radius 1 is 0.333 bits per heavy atom. The molecule has 0 aliphatic rings. The van der Waals surface area contributed by atoms with E-state index in [9.17, 15) is 0 Å². The van der Waals surface area contributed by atoms with Gasteiger partial charge in [0.05, 0.1) is 0 Å². The summed E-state index contributed by atoms with van der Waals surface area (Å²) in [5.74, 6) is 0. The van der Waals surface area contributed by atoms with E-state index in [1.54, 1.807) is 0 Å². The Kier molecular flexibility index (Phi) is 248. The van der Waals surface area contributed by atoms with Gasteiger partial charge in [-0.2, -0.15) is 0 Å². The van der Waals surface area contributed by atoms with Gasteiger partial charge in [0.15, 0.2) is 0 Å². The van der Waals surface area contributed by atoms with Gasteiger partial charge in [-0.3, -0.25) is 0 Å². The summed E-state index contributed by atoms with van der Waals surface area (Å²) in [7, 11) is 0. The molecule has 6 heteroatoms. The number of hydrogen-bond donors (Lipinski definition) is 0. The van der Waals surface area contributed by atoms with Crippen molar-refractivity contribution in [1.29, 1.82) is 0 Å². The van der Waals surface area contributed by atoms with E-state index in [1.165, 1.54) is 0 Å². The summed E-state index contributed by atoms with van der Waals surface area (Å²) in [5, 5.41) is 0. The van der Waals surface area contributed by atoms with E-state index >= 15 is 0 Å². The van der Waals surface area contributed by atoms with E-state index in [0.717, 1.165) is 0 Å². The summed E-state index contributed by atoms with van der Waals surface area (Å²) in [6.45, 7) is 0. The van der Waals surface area contributed by atoms with Crippen LogP contribution in [0.2, 0.25) is 0 Å². The molecule has 6 heavy (non-hydrogen) atoms. The van der Waals surface area contributed by atoms with Crippen LogP contribution in [-0.2, 0) is 105 Å². The largest absolute Gasteiger partial charge is 0 e. The minimum atomic E-state index is 0. The summed E-state index contributed by atoms with van der Waals surface area (Å²) in [5.41, 5.74) is 0. The van der Waals surface area contributed by atoms with Crippen LogP contribution in [0.5, 0.6) is 0 Å². The molecule has 0 N–H and O–H groups in total. The van der Waals surface area contributed by atoms with Crippen LogP contribution >= 0.6 is 0 Å². The first-order valence-corrected chi connectivity index (χ1v) is 0. The zero-order chi connectivity index (χ0) is 0. The Hall–Kier alpha value is 4.78.